The van der Waals surface area contributed by atoms with Gasteiger partial charge in [-0.3, -0.25) is 4.79 Å². The van der Waals surface area contributed by atoms with E-state index < -0.39 is 0 Å². The van der Waals surface area contributed by atoms with Gasteiger partial charge in [-0.05, 0) is 57.8 Å². The van der Waals surface area contributed by atoms with E-state index in [2.05, 4.69) is 27.6 Å². The summed E-state index contributed by atoms with van der Waals surface area (Å²) in [6.45, 7) is 2.71. The van der Waals surface area contributed by atoms with Crippen molar-refractivity contribution in [3.05, 3.63) is 35.8 Å². The largest absolute Gasteiger partial charge is 0.356 e. The highest BCUT2D eigenvalue weighted by atomic mass is 16.5. The van der Waals surface area contributed by atoms with Crippen LogP contribution in [0.15, 0.2) is 28.9 Å². The van der Waals surface area contributed by atoms with Gasteiger partial charge < -0.3 is 14.7 Å². The maximum absolute atomic E-state index is 12.4. The molecule has 0 radical (unpaired) electrons. The smallest absolute Gasteiger partial charge is 0.225 e. The third-order valence-corrected chi connectivity index (χ3v) is 6.54. The third-order valence-electron chi connectivity index (χ3n) is 6.54. The predicted molar refractivity (Wildman–Crippen MR) is 121 cm³/mol. The van der Waals surface area contributed by atoms with Crippen molar-refractivity contribution in [2.45, 2.75) is 57.8 Å². The van der Waals surface area contributed by atoms with Crippen LogP contribution < -0.4 is 10.2 Å². The van der Waals surface area contributed by atoms with Crippen molar-refractivity contribution >= 4 is 11.9 Å². The zero-order valence-electron chi connectivity index (χ0n) is 18.8. The minimum atomic E-state index is 0.153. The second-order valence-corrected chi connectivity index (χ2v) is 9.14. The first-order valence-electron chi connectivity index (χ1n) is 11.4. The van der Waals surface area contributed by atoms with Crippen molar-refractivity contribution in [2.75, 3.05) is 25.5 Å². The summed E-state index contributed by atoms with van der Waals surface area (Å²) in [6, 6.07) is 1.94. The van der Waals surface area contributed by atoms with Crippen molar-refractivity contribution in [3.63, 3.8) is 0 Å². The highest BCUT2D eigenvalue weighted by Gasteiger charge is 2.28. The molecular weight excluding hydrogens is 390 g/mol. The van der Waals surface area contributed by atoms with Gasteiger partial charge in [0.1, 0.15) is 0 Å². The highest BCUT2D eigenvalue weighted by molar-refractivity contribution is 5.79. The van der Waals surface area contributed by atoms with Gasteiger partial charge in [-0.15, -0.1) is 0 Å². The second-order valence-electron chi connectivity index (χ2n) is 9.14. The summed E-state index contributed by atoms with van der Waals surface area (Å²) < 4.78 is 5.53. The van der Waals surface area contributed by atoms with Crippen molar-refractivity contribution in [3.8, 4) is 11.3 Å². The number of amides is 1. The molecule has 7 heteroatoms. The molecule has 1 saturated carbocycles. The van der Waals surface area contributed by atoms with Gasteiger partial charge in [-0.1, -0.05) is 17.3 Å². The Kier molecular flexibility index (Phi) is 6.68. The Labute approximate surface area is 184 Å². The Hall–Kier alpha value is -2.70. The molecule has 31 heavy (non-hydrogen) atoms. The first kappa shape index (κ1) is 21.5. The van der Waals surface area contributed by atoms with E-state index in [1.54, 1.807) is 0 Å². The van der Waals surface area contributed by atoms with Gasteiger partial charge in [0.25, 0.3) is 0 Å². The quantitative estimate of drug-likeness (QED) is 0.699. The van der Waals surface area contributed by atoms with Crippen molar-refractivity contribution in [2.24, 2.45) is 11.8 Å². The summed E-state index contributed by atoms with van der Waals surface area (Å²) in [7, 11) is 3.91. The number of rotatable bonds is 6. The van der Waals surface area contributed by atoms with E-state index in [1.807, 2.05) is 38.2 Å². The lowest BCUT2D eigenvalue weighted by atomic mass is 9.79. The molecule has 7 nitrogen and oxygen atoms in total. The van der Waals surface area contributed by atoms with E-state index in [1.165, 1.54) is 0 Å². The van der Waals surface area contributed by atoms with Crippen molar-refractivity contribution < 1.29 is 9.32 Å². The number of aromatic nitrogens is 3. The molecule has 166 valence electrons. The number of hydrogen-bond acceptors (Lipinski definition) is 6. The fraction of sp³-hybridized carbons (Fsp3) is 0.583. The van der Waals surface area contributed by atoms with Gasteiger partial charge in [0.05, 0.1) is 17.0 Å². The lowest BCUT2D eigenvalue weighted by Gasteiger charge is -2.30. The average Bonchev–Trinajstić information content (AvgIpc) is 3.24. The van der Waals surface area contributed by atoms with E-state index in [-0.39, 0.29) is 11.8 Å². The highest BCUT2D eigenvalue weighted by Crippen LogP contribution is 2.39. The van der Waals surface area contributed by atoms with Gasteiger partial charge in [0.15, 0.2) is 5.76 Å². The Bertz CT molecular complexity index is 928. The van der Waals surface area contributed by atoms with Crippen LogP contribution in [0.2, 0.25) is 0 Å². The summed E-state index contributed by atoms with van der Waals surface area (Å²) in [4.78, 5) is 23.8. The fourth-order valence-corrected chi connectivity index (χ4v) is 4.65. The molecular formula is C24H33N5O2. The van der Waals surface area contributed by atoms with Gasteiger partial charge in [-0.2, -0.15) is 0 Å². The number of anilines is 1. The minimum Gasteiger partial charge on any atom is -0.356 e. The van der Waals surface area contributed by atoms with E-state index >= 15 is 0 Å². The lowest BCUT2D eigenvalue weighted by Crippen LogP contribution is -2.35. The van der Waals surface area contributed by atoms with E-state index in [0.717, 1.165) is 74.2 Å². The fourth-order valence-electron chi connectivity index (χ4n) is 4.65. The predicted octanol–water partition coefficient (Wildman–Crippen LogP) is 4.25. The maximum atomic E-state index is 12.4. The van der Waals surface area contributed by atoms with Crippen LogP contribution in [0.5, 0.6) is 0 Å². The Morgan fingerprint density at radius 2 is 2.00 bits per heavy atom. The number of nitrogens with one attached hydrogen (secondary N) is 1. The summed E-state index contributed by atoms with van der Waals surface area (Å²) in [5, 5.41) is 7.26. The first-order chi connectivity index (χ1) is 15.0. The number of allylic oxidation sites excluding steroid dienone is 2. The summed E-state index contributed by atoms with van der Waals surface area (Å²) in [5.41, 5.74) is 2.84. The van der Waals surface area contributed by atoms with Crippen LogP contribution in [0.1, 0.15) is 62.3 Å². The van der Waals surface area contributed by atoms with Crippen LogP contribution in [0.25, 0.3) is 11.3 Å². The van der Waals surface area contributed by atoms with Gasteiger partial charge in [-0.25, -0.2) is 9.97 Å². The number of hydrogen-bond donors (Lipinski definition) is 1. The monoisotopic (exact) mass is 423 g/mol. The molecule has 2 aromatic heterocycles. The minimum absolute atomic E-state index is 0.153. The summed E-state index contributed by atoms with van der Waals surface area (Å²) in [6.07, 6.45) is 13.3. The summed E-state index contributed by atoms with van der Waals surface area (Å²) in [5.74, 6) is 2.71. The van der Waals surface area contributed by atoms with Gasteiger partial charge >= 0.3 is 0 Å². The Morgan fingerprint density at radius 1 is 1.19 bits per heavy atom. The van der Waals surface area contributed by atoms with Gasteiger partial charge in [0, 0.05) is 44.7 Å². The van der Waals surface area contributed by atoms with Crippen LogP contribution in [-0.2, 0) is 4.79 Å². The number of carbonyl (C=O) groups is 1. The van der Waals surface area contributed by atoms with Crippen LogP contribution in [-0.4, -0.2) is 41.7 Å². The van der Waals surface area contributed by atoms with Crippen molar-refractivity contribution in [1.29, 1.82) is 0 Å². The standard InChI is InChI=1S/C24H33N5O2/c1-16-13-21(31-28-16)20-15-26-24(29(2)3)27-22(20)18-11-9-17(10-12-18)14-25-23(30)19-7-5-4-6-8-19/h4-5,13,15,17-19H,6-12,14H2,1-3H3,(H,25,30)/t17?,18?,19-/m0/s1. The van der Waals surface area contributed by atoms with Crippen molar-refractivity contribution in [1.82, 2.24) is 20.4 Å². The topological polar surface area (TPSA) is 84.2 Å². The van der Waals surface area contributed by atoms with Crippen LogP contribution in [0.3, 0.4) is 0 Å². The molecule has 0 spiro atoms. The molecule has 1 atom stereocenters. The molecule has 0 aromatic carbocycles. The normalized spacial score (nSPS) is 23.5. The number of aryl methyl sites for hydroxylation is 1. The lowest BCUT2D eigenvalue weighted by molar-refractivity contribution is -0.125. The molecule has 2 heterocycles. The molecule has 1 fully saturated rings. The molecule has 1 amide bonds. The third kappa shape index (κ3) is 5.14. The maximum Gasteiger partial charge on any atom is 0.225 e. The van der Waals surface area contributed by atoms with Gasteiger partial charge in [0.2, 0.25) is 11.9 Å². The molecule has 0 aliphatic heterocycles. The molecule has 0 saturated heterocycles. The summed E-state index contributed by atoms with van der Waals surface area (Å²) >= 11 is 0. The number of carbonyl (C=O) groups excluding carboxylic acids is 1. The van der Waals surface area contributed by atoms with Crippen LogP contribution in [0, 0.1) is 18.8 Å². The number of nitrogens with zero attached hydrogens (tertiary/aromatic N) is 4. The average molecular weight is 424 g/mol. The van der Waals surface area contributed by atoms with Crippen LogP contribution in [0.4, 0.5) is 5.95 Å². The Morgan fingerprint density at radius 3 is 2.65 bits per heavy atom. The SMILES string of the molecule is Cc1cc(-c2cnc(N(C)C)nc2C2CCC(CNC(=O)[C@H]3CC=CCC3)CC2)on1. The Balaban J connectivity index is 1.40. The molecule has 0 bridgehead atoms. The molecule has 0 unspecified atom stereocenters. The second kappa shape index (κ2) is 9.62. The first-order valence-corrected chi connectivity index (χ1v) is 11.4. The molecule has 4 rings (SSSR count). The zero-order chi connectivity index (χ0) is 21.8. The molecule has 1 N–H and O–H groups in total. The van der Waals surface area contributed by atoms with E-state index in [9.17, 15) is 4.79 Å². The van der Waals surface area contributed by atoms with Crippen LogP contribution >= 0.6 is 0 Å². The molecule has 2 aliphatic carbocycles. The molecule has 2 aliphatic rings. The van der Waals surface area contributed by atoms with E-state index in [0.29, 0.717) is 17.8 Å². The molecule has 2 aromatic rings. The zero-order valence-corrected chi connectivity index (χ0v) is 18.8. The van der Waals surface area contributed by atoms with E-state index in [4.69, 9.17) is 9.51 Å².